The zero-order valence-corrected chi connectivity index (χ0v) is 8.82. The lowest BCUT2D eigenvalue weighted by atomic mass is 10.0. The van der Waals surface area contributed by atoms with E-state index in [4.69, 9.17) is 0 Å². The highest BCUT2D eigenvalue weighted by Gasteiger charge is 2.13. The van der Waals surface area contributed by atoms with Crippen molar-refractivity contribution in [1.29, 1.82) is 0 Å². The Hall–Kier alpha value is -0.600. The molecule has 0 radical (unpaired) electrons. The van der Waals surface area contributed by atoms with Gasteiger partial charge in [0.1, 0.15) is 5.82 Å². The Morgan fingerprint density at radius 3 is 2.57 bits per heavy atom. The molecular formula is C11H15ClFN. The first-order chi connectivity index (χ1) is 6.34. The van der Waals surface area contributed by atoms with Crippen molar-refractivity contribution in [1.82, 2.24) is 5.32 Å². The van der Waals surface area contributed by atoms with Gasteiger partial charge in [0.2, 0.25) is 0 Å². The Morgan fingerprint density at radius 2 is 2.00 bits per heavy atom. The van der Waals surface area contributed by atoms with Gasteiger partial charge in [0.15, 0.2) is 0 Å². The zero-order chi connectivity index (χ0) is 9.10. The largest absolute Gasteiger partial charge is 0.314 e. The summed E-state index contributed by atoms with van der Waals surface area (Å²) in [5.74, 6) is -0.150. The molecule has 1 aromatic rings. The van der Waals surface area contributed by atoms with Crippen LogP contribution in [-0.4, -0.2) is 12.6 Å². The third-order valence-electron chi connectivity index (χ3n) is 2.56. The maximum atomic E-state index is 12.6. The van der Waals surface area contributed by atoms with Crippen molar-refractivity contribution in [2.45, 2.75) is 25.3 Å². The van der Waals surface area contributed by atoms with Crippen molar-refractivity contribution in [2.24, 2.45) is 0 Å². The monoisotopic (exact) mass is 215 g/mol. The molecule has 1 aliphatic heterocycles. The van der Waals surface area contributed by atoms with E-state index in [-0.39, 0.29) is 18.2 Å². The van der Waals surface area contributed by atoms with E-state index in [1.807, 2.05) is 12.1 Å². The van der Waals surface area contributed by atoms with Crippen molar-refractivity contribution in [2.75, 3.05) is 6.54 Å². The Bertz CT molecular complexity index is 267. The summed E-state index contributed by atoms with van der Waals surface area (Å²) in [6.07, 6.45) is 3.55. The van der Waals surface area contributed by atoms with E-state index in [1.165, 1.54) is 30.5 Å². The summed E-state index contributed by atoms with van der Waals surface area (Å²) in [4.78, 5) is 0. The van der Waals surface area contributed by atoms with E-state index in [0.717, 1.165) is 13.0 Å². The van der Waals surface area contributed by atoms with E-state index in [9.17, 15) is 4.39 Å². The smallest absolute Gasteiger partial charge is 0.123 e. The highest BCUT2D eigenvalue weighted by molar-refractivity contribution is 5.85. The minimum Gasteiger partial charge on any atom is -0.314 e. The van der Waals surface area contributed by atoms with Gasteiger partial charge in [0.05, 0.1) is 0 Å². The van der Waals surface area contributed by atoms with Crippen LogP contribution in [0.2, 0.25) is 0 Å². The summed E-state index contributed by atoms with van der Waals surface area (Å²) in [5, 5.41) is 3.43. The second-order valence-electron chi connectivity index (χ2n) is 3.62. The standard InChI is InChI=1S/C11H14FN.ClH/c12-10-5-3-9(4-6-10)8-11-2-1-7-13-11;/h3-6,11,13H,1-2,7-8H2;1H. The SMILES string of the molecule is Cl.Fc1ccc(CC2CCCN2)cc1. The summed E-state index contributed by atoms with van der Waals surface area (Å²) in [5.41, 5.74) is 1.22. The minimum atomic E-state index is -0.150. The van der Waals surface area contributed by atoms with E-state index in [0.29, 0.717) is 6.04 Å². The molecular weight excluding hydrogens is 201 g/mol. The first-order valence-electron chi connectivity index (χ1n) is 4.82. The van der Waals surface area contributed by atoms with Crippen LogP contribution in [0.5, 0.6) is 0 Å². The number of hydrogen-bond acceptors (Lipinski definition) is 1. The summed E-state index contributed by atoms with van der Waals surface area (Å²) < 4.78 is 12.6. The molecule has 0 aliphatic carbocycles. The predicted molar refractivity (Wildman–Crippen MR) is 58.4 cm³/mol. The summed E-state index contributed by atoms with van der Waals surface area (Å²) >= 11 is 0. The number of benzene rings is 1. The van der Waals surface area contributed by atoms with Gasteiger partial charge < -0.3 is 5.32 Å². The molecule has 2 rings (SSSR count). The van der Waals surface area contributed by atoms with Crippen LogP contribution < -0.4 is 5.32 Å². The molecule has 0 bridgehead atoms. The molecule has 1 saturated heterocycles. The fraction of sp³-hybridized carbons (Fsp3) is 0.455. The molecule has 1 aromatic carbocycles. The van der Waals surface area contributed by atoms with Crippen molar-refractivity contribution in [3.8, 4) is 0 Å². The highest BCUT2D eigenvalue weighted by atomic mass is 35.5. The van der Waals surface area contributed by atoms with Crippen molar-refractivity contribution in [3.05, 3.63) is 35.6 Å². The van der Waals surface area contributed by atoms with Gasteiger partial charge in [-0.2, -0.15) is 0 Å². The van der Waals surface area contributed by atoms with Gasteiger partial charge in [-0.05, 0) is 43.5 Å². The highest BCUT2D eigenvalue weighted by Crippen LogP contribution is 2.12. The molecule has 14 heavy (non-hydrogen) atoms. The maximum Gasteiger partial charge on any atom is 0.123 e. The number of rotatable bonds is 2. The Labute approximate surface area is 90.1 Å². The lowest BCUT2D eigenvalue weighted by Gasteiger charge is -2.09. The molecule has 1 aliphatic rings. The fourth-order valence-corrected chi connectivity index (χ4v) is 1.84. The number of halogens is 2. The molecule has 1 fully saturated rings. The minimum absolute atomic E-state index is 0. The van der Waals surface area contributed by atoms with Gasteiger partial charge in [-0.15, -0.1) is 12.4 Å². The van der Waals surface area contributed by atoms with E-state index >= 15 is 0 Å². The molecule has 0 saturated carbocycles. The molecule has 0 aromatic heterocycles. The Morgan fingerprint density at radius 1 is 1.29 bits per heavy atom. The summed E-state index contributed by atoms with van der Waals surface area (Å²) in [6.45, 7) is 1.13. The van der Waals surface area contributed by atoms with Gasteiger partial charge in [0, 0.05) is 6.04 Å². The van der Waals surface area contributed by atoms with Gasteiger partial charge in [-0.25, -0.2) is 4.39 Å². The Balaban J connectivity index is 0.000000980. The second kappa shape index (κ2) is 5.32. The number of hydrogen-bond donors (Lipinski definition) is 1. The molecule has 1 atom stereocenters. The quantitative estimate of drug-likeness (QED) is 0.800. The average molecular weight is 216 g/mol. The van der Waals surface area contributed by atoms with Crippen LogP contribution in [-0.2, 0) is 6.42 Å². The molecule has 1 N–H and O–H groups in total. The van der Waals surface area contributed by atoms with Crippen LogP contribution in [0.3, 0.4) is 0 Å². The summed E-state index contributed by atoms with van der Waals surface area (Å²) in [7, 11) is 0. The van der Waals surface area contributed by atoms with Crippen molar-refractivity contribution < 1.29 is 4.39 Å². The fourth-order valence-electron chi connectivity index (χ4n) is 1.84. The average Bonchev–Trinajstić information content (AvgIpc) is 2.62. The maximum absolute atomic E-state index is 12.6. The second-order valence-corrected chi connectivity index (χ2v) is 3.62. The van der Waals surface area contributed by atoms with Crippen molar-refractivity contribution >= 4 is 12.4 Å². The first kappa shape index (κ1) is 11.5. The normalized spacial score (nSPS) is 20.5. The van der Waals surface area contributed by atoms with Crippen LogP contribution in [0.4, 0.5) is 4.39 Å². The predicted octanol–water partition coefficient (Wildman–Crippen LogP) is 2.54. The van der Waals surface area contributed by atoms with Gasteiger partial charge in [0.25, 0.3) is 0 Å². The molecule has 1 unspecified atom stereocenters. The number of nitrogens with one attached hydrogen (secondary N) is 1. The van der Waals surface area contributed by atoms with Crippen LogP contribution in [0, 0.1) is 5.82 Å². The Kier molecular flexibility index (Phi) is 4.36. The van der Waals surface area contributed by atoms with Crippen LogP contribution in [0.25, 0.3) is 0 Å². The lowest BCUT2D eigenvalue weighted by molar-refractivity contribution is 0.598. The molecule has 0 spiro atoms. The third-order valence-corrected chi connectivity index (χ3v) is 2.56. The van der Waals surface area contributed by atoms with E-state index in [1.54, 1.807) is 0 Å². The molecule has 1 heterocycles. The van der Waals surface area contributed by atoms with Crippen LogP contribution in [0.15, 0.2) is 24.3 Å². The zero-order valence-electron chi connectivity index (χ0n) is 8.00. The third kappa shape index (κ3) is 2.96. The molecule has 0 amide bonds. The first-order valence-corrected chi connectivity index (χ1v) is 4.82. The van der Waals surface area contributed by atoms with Gasteiger partial charge in [-0.1, -0.05) is 12.1 Å². The van der Waals surface area contributed by atoms with Crippen LogP contribution >= 0.6 is 12.4 Å². The topological polar surface area (TPSA) is 12.0 Å². The molecule has 78 valence electrons. The van der Waals surface area contributed by atoms with E-state index in [2.05, 4.69) is 5.32 Å². The molecule has 3 heteroatoms. The van der Waals surface area contributed by atoms with Gasteiger partial charge in [-0.3, -0.25) is 0 Å². The van der Waals surface area contributed by atoms with Crippen molar-refractivity contribution in [3.63, 3.8) is 0 Å². The lowest BCUT2D eigenvalue weighted by Crippen LogP contribution is -2.23. The van der Waals surface area contributed by atoms with E-state index < -0.39 is 0 Å². The van der Waals surface area contributed by atoms with Crippen LogP contribution in [0.1, 0.15) is 18.4 Å². The molecule has 1 nitrogen and oxygen atoms in total. The summed E-state index contributed by atoms with van der Waals surface area (Å²) in [6, 6.07) is 7.41. The van der Waals surface area contributed by atoms with Gasteiger partial charge >= 0.3 is 0 Å².